The van der Waals surface area contributed by atoms with Crippen LogP contribution in [-0.4, -0.2) is 11.7 Å². The Kier molecular flexibility index (Phi) is 1.73. The number of aliphatic hydroxyl groups is 1. The van der Waals surface area contributed by atoms with E-state index in [0.717, 1.165) is 0 Å². The summed E-state index contributed by atoms with van der Waals surface area (Å²) in [6.07, 6.45) is -0.0411. The van der Waals surface area contributed by atoms with Crippen LogP contribution in [0.3, 0.4) is 0 Å². The van der Waals surface area contributed by atoms with Crippen LogP contribution in [-0.2, 0) is 0 Å². The molecule has 0 spiro atoms. The number of benzene rings is 1. The molecule has 1 N–H and O–H groups in total. The largest absolute Gasteiger partial charge is 0.493 e. The van der Waals surface area contributed by atoms with Crippen LogP contribution in [0, 0.1) is 5.82 Å². The van der Waals surface area contributed by atoms with Crippen LogP contribution in [0.5, 0.6) is 5.75 Å². The van der Waals surface area contributed by atoms with Gasteiger partial charge in [0.15, 0.2) is 0 Å². The van der Waals surface area contributed by atoms with Crippen LogP contribution in [0.2, 0.25) is 0 Å². The molecule has 1 aliphatic heterocycles. The Morgan fingerprint density at radius 1 is 1.50 bits per heavy atom. The van der Waals surface area contributed by atoms with E-state index in [2.05, 4.69) is 0 Å². The highest BCUT2D eigenvalue weighted by molar-refractivity contribution is 5.36. The maximum Gasteiger partial charge on any atom is 0.125 e. The maximum absolute atomic E-state index is 12.7. The number of fused-ring (bicyclic) bond motifs is 1. The predicted molar refractivity (Wildman–Crippen MR) is 41.5 cm³/mol. The van der Waals surface area contributed by atoms with E-state index in [1.165, 1.54) is 12.1 Å². The average molecular weight is 168 g/mol. The number of aliphatic hydroxyl groups excluding tert-OH is 1. The van der Waals surface area contributed by atoms with Crippen molar-refractivity contribution in [2.24, 2.45) is 0 Å². The summed E-state index contributed by atoms with van der Waals surface area (Å²) in [4.78, 5) is 0. The van der Waals surface area contributed by atoms with Crippen molar-refractivity contribution in [2.75, 3.05) is 6.61 Å². The molecule has 0 bridgehead atoms. The van der Waals surface area contributed by atoms with E-state index in [1.54, 1.807) is 6.07 Å². The molecular formula is C9H9FO2. The summed E-state index contributed by atoms with van der Waals surface area (Å²) in [6.45, 7) is 0.500. The van der Waals surface area contributed by atoms with Gasteiger partial charge in [0.25, 0.3) is 0 Å². The third-order valence-electron chi connectivity index (χ3n) is 1.98. The smallest absolute Gasteiger partial charge is 0.125 e. The molecule has 1 aromatic rings. The molecule has 2 rings (SSSR count). The van der Waals surface area contributed by atoms with Gasteiger partial charge >= 0.3 is 0 Å². The molecular weight excluding hydrogens is 159 g/mol. The summed E-state index contributed by atoms with van der Waals surface area (Å²) < 4.78 is 17.9. The van der Waals surface area contributed by atoms with Gasteiger partial charge < -0.3 is 9.84 Å². The first-order valence-electron chi connectivity index (χ1n) is 3.87. The van der Waals surface area contributed by atoms with Gasteiger partial charge in [-0.1, -0.05) is 0 Å². The molecule has 64 valence electrons. The van der Waals surface area contributed by atoms with Crippen LogP contribution < -0.4 is 4.74 Å². The SMILES string of the molecule is O[C@@H]1CCOc2ccc(F)cc21. The molecule has 0 fully saturated rings. The quantitative estimate of drug-likeness (QED) is 0.638. The Morgan fingerprint density at radius 3 is 3.17 bits per heavy atom. The van der Waals surface area contributed by atoms with Crippen molar-refractivity contribution in [3.8, 4) is 5.75 Å². The standard InChI is InChI=1S/C9H9FO2/c10-6-1-2-9-7(5-6)8(11)3-4-12-9/h1-2,5,8,11H,3-4H2/t8-/m1/s1. The van der Waals surface area contributed by atoms with Crippen LogP contribution in [0.25, 0.3) is 0 Å². The first kappa shape index (κ1) is 7.55. The molecule has 1 aromatic carbocycles. The zero-order valence-electron chi connectivity index (χ0n) is 6.46. The Hall–Kier alpha value is -1.09. The Balaban J connectivity index is 2.47. The van der Waals surface area contributed by atoms with Gasteiger partial charge in [-0.3, -0.25) is 0 Å². The second kappa shape index (κ2) is 2.75. The van der Waals surface area contributed by atoms with E-state index in [9.17, 15) is 9.50 Å². The van der Waals surface area contributed by atoms with E-state index < -0.39 is 6.10 Å². The van der Waals surface area contributed by atoms with E-state index in [-0.39, 0.29) is 5.82 Å². The number of hydrogen-bond donors (Lipinski definition) is 1. The predicted octanol–water partition coefficient (Wildman–Crippen LogP) is 1.64. The lowest BCUT2D eigenvalue weighted by atomic mass is 10.0. The minimum atomic E-state index is -0.579. The molecule has 1 atom stereocenters. The fourth-order valence-corrected chi connectivity index (χ4v) is 1.35. The summed E-state index contributed by atoms with van der Waals surface area (Å²) in [7, 11) is 0. The first-order chi connectivity index (χ1) is 5.77. The van der Waals surface area contributed by atoms with Crippen LogP contribution >= 0.6 is 0 Å². The van der Waals surface area contributed by atoms with Gasteiger partial charge in [0, 0.05) is 12.0 Å². The zero-order chi connectivity index (χ0) is 8.55. The lowest BCUT2D eigenvalue weighted by Gasteiger charge is -2.21. The van der Waals surface area contributed by atoms with Gasteiger partial charge in [-0.2, -0.15) is 0 Å². The summed E-state index contributed by atoms with van der Waals surface area (Å²) in [6, 6.07) is 4.20. The molecule has 0 aliphatic carbocycles. The van der Waals surface area contributed by atoms with Crippen molar-refractivity contribution in [1.29, 1.82) is 0 Å². The number of rotatable bonds is 0. The highest BCUT2D eigenvalue weighted by Gasteiger charge is 2.19. The number of hydrogen-bond acceptors (Lipinski definition) is 2. The van der Waals surface area contributed by atoms with Crippen molar-refractivity contribution in [1.82, 2.24) is 0 Å². The van der Waals surface area contributed by atoms with E-state index in [1.807, 2.05) is 0 Å². The van der Waals surface area contributed by atoms with Crippen molar-refractivity contribution < 1.29 is 14.2 Å². The molecule has 1 heterocycles. The van der Waals surface area contributed by atoms with Gasteiger partial charge in [-0.15, -0.1) is 0 Å². The average Bonchev–Trinajstić information content (AvgIpc) is 2.07. The Morgan fingerprint density at radius 2 is 2.33 bits per heavy atom. The highest BCUT2D eigenvalue weighted by atomic mass is 19.1. The molecule has 0 amide bonds. The molecule has 1 aliphatic rings. The summed E-state index contributed by atoms with van der Waals surface area (Å²) in [5.74, 6) is 0.258. The van der Waals surface area contributed by atoms with Gasteiger partial charge in [0.05, 0.1) is 12.7 Å². The van der Waals surface area contributed by atoms with E-state index >= 15 is 0 Å². The van der Waals surface area contributed by atoms with Gasteiger partial charge in [-0.05, 0) is 18.2 Å². The highest BCUT2D eigenvalue weighted by Crippen LogP contribution is 2.31. The summed E-state index contributed by atoms with van der Waals surface area (Å²) in [5, 5.41) is 9.44. The van der Waals surface area contributed by atoms with Crippen molar-refractivity contribution in [2.45, 2.75) is 12.5 Å². The van der Waals surface area contributed by atoms with Crippen LogP contribution in [0.1, 0.15) is 18.1 Å². The molecule has 0 aromatic heterocycles. The number of ether oxygens (including phenoxy) is 1. The summed E-state index contributed by atoms with van der Waals surface area (Å²) in [5.41, 5.74) is 0.557. The Bertz CT molecular complexity index is 299. The van der Waals surface area contributed by atoms with E-state index in [4.69, 9.17) is 4.74 Å². The van der Waals surface area contributed by atoms with E-state index in [0.29, 0.717) is 24.3 Å². The third kappa shape index (κ3) is 1.16. The molecule has 0 radical (unpaired) electrons. The zero-order valence-corrected chi connectivity index (χ0v) is 6.46. The summed E-state index contributed by atoms with van der Waals surface area (Å²) >= 11 is 0. The lowest BCUT2D eigenvalue weighted by Crippen LogP contribution is -2.13. The molecule has 12 heavy (non-hydrogen) atoms. The lowest BCUT2D eigenvalue weighted by molar-refractivity contribution is 0.115. The van der Waals surface area contributed by atoms with Gasteiger partial charge in [0.2, 0.25) is 0 Å². The van der Waals surface area contributed by atoms with Crippen LogP contribution in [0.4, 0.5) is 4.39 Å². The van der Waals surface area contributed by atoms with Gasteiger partial charge in [0.1, 0.15) is 11.6 Å². The molecule has 3 heteroatoms. The topological polar surface area (TPSA) is 29.5 Å². The molecule has 0 saturated carbocycles. The van der Waals surface area contributed by atoms with Crippen molar-refractivity contribution in [3.63, 3.8) is 0 Å². The molecule has 0 saturated heterocycles. The fourth-order valence-electron chi connectivity index (χ4n) is 1.35. The fraction of sp³-hybridized carbons (Fsp3) is 0.333. The van der Waals surface area contributed by atoms with Crippen LogP contribution in [0.15, 0.2) is 18.2 Å². The third-order valence-corrected chi connectivity index (χ3v) is 1.98. The van der Waals surface area contributed by atoms with Crippen molar-refractivity contribution in [3.05, 3.63) is 29.6 Å². The number of halogens is 1. The molecule has 2 nitrogen and oxygen atoms in total. The molecule has 0 unspecified atom stereocenters. The van der Waals surface area contributed by atoms with Gasteiger partial charge in [-0.25, -0.2) is 4.39 Å². The second-order valence-corrected chi connectivity index (χ2v) is 2.84. The maximum atomic E-state index is 12.7. The normalized spacial score (nSPS) is 21.3. The minimum absolute atomic E-state index is 0.335. The Labute approximate surface area is 69.6 Å². The second-order valence-electron chi connectivity index (χ2n) is 2.84. The minimum Gasteiger partial charge on any atom is -0.493 e. The first-order valence-corrected chi connectivity index (χ1v) is 3.87. The monoisotopic (exact) mass is 168 g/mol. The van der Waals surface area contributed by atoms with Crippen molar-refractivity contribution >= 4 is 0 Å².